The molecule has 0 aliphatic carbocycles. The highest BCUT2D eigenvalue weighted by atomic mass is 79.9. The van der Waals surface area contributed by atoms with E-state index < -0.39 is 0 Å². The molecule has 14 heavy (non-hydrogen) atoms. The Morgan fingerprint density at radius 1 is 1.21 bits per heavy atom. The number of rotatable bonds is 4. The van der Waals surface area contributed by atoms with Gasteiger partial charge in [-0.1, -0.05) is 15.9 Å². The second-order valence-corrected chi connectivity index (χ2v) is 4.13. The molecule has 0 heterocycles. The van der Waals surface area contributed by atoms with Gasteiger partial charge in [-0.05, 0) is 24.3 Å². The third-order valence-electron chi connectivity index (χ3n) is 1.93. The molecule has 0 spiro atoms. The minimum Gasteiger partial charge on any atom is -0.496 e. The summed E-state index contributed by atoms with van der Waals surface area (Å²) in [5.41, 5.74) is 1.06. The fourth-order valence-corrected chi connectivity index (χ4v) is 1.95. The van der Waals surface area contributed by atoms with Crippen molar-refractivity contribution in [3.63, 3.8) is 0 Å². The minimum absolute atomic E-state index is 0.772. The van der Waals surface area contributed by atoms with Gasteiger partial charge in [0, 0.05) is 10.0 Å². The first-order valence-electron chi connectivity index (χ1n) is 4.24. The van der Waals surface area contributed by atoms with Crippen molar-refractivity contribution in [2.75, 3.05) is 20.0 Å². The molecular formula is C10H13BrO2S. The van der Waals surface area contributed by atoms with E-state index in [2.05, 4.69) is 28.6 Å². The second kappa shape index (κ2) is 5.51. The average Bonchev–Trinajstić information content (AvgIpc) is 2.20. The van der Waals surface area contributed by atoms with Crippen LogP contribution in [0.3, 0.4) is 0 Å². The molecule has 0 bridgehead atoms. The van der Waals surface area contributed by atoms with Crippen LogP contribution >= 0.6 is 28.6 Å². The van der Waals surface area contributed by atoms with E-state index in [4.69, 9.17) is 9.47 Å². The van der Waals surface area contributed by atoms with Crippen molar-refractivity contribution < 1.29 is 9.47 Å². The van der Waals surface area contributed by atoms with E-state index in [1.54, 1.807) is 14.2 Å². The van der Waals surface area contributed by atoms with Crippen molar-refractivity contribution in [1.29, 1.82) is 0 Å². The maximum absolute atomic E-state index is 5.28. The van der Waals surface area contributed by atoms with E-state index in [1.807, 2.05) is 12.1 Å². The molecule has 4 heteroatoms. The Labute approximate surface area is 98.1 Å². The van der Waals surface area contributed by atoms with E-state index in [9.17, 15) is 0 Å². The van der Waals surface area contributed by atoms with Gasteiger partial charge in [-0.25, -0.2) is 0 Å². The Bertz CT molecular complexity index is 290. The number of methoxy groups -OCH3 is 2. The number of thiol groups is 1. The Hall–Kier alpha value is -0.350. The molecule has 0 atom stereocenters. The summed E-state index contributed by atoms with van der Waals surface area (Å²) in [5.74, 6) is 2.45. The Kier molecular flexibility index (Phi) is 4.62. The van der Waals surface area contributed by atoms with Gasteiger partial charge in [0.05, 0.1) is 14.2 Å². The molecular weight excluding hydrogens is 264 g/mol. The predicted molar refractivity (Wildman–Crippen MR) is 64.8 cm³/mol. The van der Waals surface area contributed by atoms with Gasteiger partial charge < -0.3 is 9.47 Å². The van der Waals surface area contributed by atoms with Crippen molar-refractivity contribution in [2.45, 2.75) is 6.42 Å². The molecule has 0 fully saturated rings. The molecule has 0 amide bonds. The maximum Gasteiger partial charge on any atom is 0.126 e. The molecule has 2 nitrogen and oxygen atoms in total. The molecule has 0 aliphatic heterocycles. The van der Waals surface area contributed by atoms with Gasteiger partial charge in [-0.2, -0.15) is 12.6 Å². The number of hydrogen-bond acceptors (Lipinski definition) is 3. The topological polar surface area (TPSA) is 18.5 Å². The molecule has 1 aromatic carbocycles. The third kappa shape index (κ3) is 2.58. The molecule has 1 aromatic rings. The summed E-state index contributed by atoms with van der Waals surface area (Å²) in [6.45, 7) is 0. The molecule has 0 saturated carbocycles. The minimum atomic E-state index is 0.772. The third-order valence-corrected chi connectivity index (χ3v) is 2.62. The molecule has 0 N–H and O–H groups in total. The molecule has 1 rings (SSSR count). The van der Waals surface area contributed by atoms with Crippen LogP contribution in [0.5, 0.6) is 11.5 Å². The van der Waals surface area contributed by atoms with Crippen molar-refractivity contribution in [1.82, 2.24) is 0 Å². The van der Waals surface area contributed by atoms with Crippen molar-refractivity contribution in [3.8, 4) is 11.5 Å². The number of halogens is 1. The summed E-state index contributed by atoms with van der Waals surface area (Å²) >= 11 is 7.61. The average molecular weight is 277 g/mol. The van der Waals surface area contributed by atoms with Crippen molar-refractivity contribution >= 4 is 28.6 Å². The van der Waals surface area contributed by atoms with Gasteiger partial charge >= 0.3 is 0 Å². The van der Waals surface area contributed by atoms with Crippen LogP contribution in [0.4, 0.5) is 0 Å². The van der Waals surface area contributed by atoms with Crippen LogP contribution in [-0.4, -0.2) is 20.0 Å². The van der Waals surface area contributed by atoms with E-state index in [0.717, 1.165) is 33.7 Å². The highest BCUT2D eigenvalue weighted by Crippen LogP contribution is 2.33. The lowest BCUT2D eigenvalue weighted by molar-refractivity contribution is 0.386. The van der Waals surface area contributed by atoms with Crippen LogP contribution in [0, 0.1) is 0 Å². The molecule has 78 valence electrons. The monoisotopic (exact) mass is 276 g/mol. The Morgan fingerprint density at radius 3 is 2.07 bits per heavy atom. The zero-order valence-electron chi connectivity index (χ0n) is 8.21. The Morgan fingerprint density at radius 2 is 1.71 bits per heavy atom. The van der Waals surface area contributed by atoms with Crippen LogP contribution in [0.15, 0.2) is 16.6 Å². The lowest BCUT2D eigenvalue weighted by atomic mass is 10.1. The maximum atomic E-state index is 5.28. The first kappa shape index (κ1) is 11.7. The zero-order chi connectivity index (χ0) is 10.6. The van der Waals surface area contributed by atoms with Crippen molar-refractivity contribution in [2.24, 2.45) is 0 Å². The number of ether oxygens (including phenoxy) is 2. The Balaban J connectivity index is 3.18. The van der Waals surface area contributed by atoms with Gasteiger partial charge in [0.15, 0.2) is 0 Å². The second-order valence-electron chi connectivity index (χ2n) is 2.76. The molecule has 0 aliphatic rings. The van der Waals surface area contributed by atoms with E-state index in [0.29, 0.717) is 0 Å². The summed E-state index contributed by atoms with van der Waals surface area (Å²) in [4.78, 5) is 0. The molecule has 0 radical (unpaired) electrons. The lowest BCUT2D eigenvalue weighted by Gasteiger charge is -2.12. The van der Waals surface area contributed by atoms with Gasteiger partial charge in [0.1, 0.15) is 11.5 Å². The normalized spacial score (nSPS) is 10.0. The fraction of sp³-hybridized carbons (Fsp3) is 0.400. The summed E-state index contributed by atoms with van der Waals surface area (Å²) in [6, 6.07) is 3.86. The summed E-state index contributed by atoms with van der Waals surface area (Å²) in [6.07, 6.45) is 0.836. The van der Waals surface area contributed by atoms with Gasteiger partial charge in [-0.15, -0.1) is 0 Å². The van der Waals surface area contributed by atoms with Crippen molar-refractivity contribution in [3.05, 3.63) is 22.2 Å². The number of hydrogen-bond donors (Lipinski definition) is 1. The quantitative estimate of drug-likeness (QED) is 0.853. The van der Waals surface area contributed by atoms with E-state index in [-0.39, 0.29) is 0 Å². The fourth-order valence-electron chi connectivity index (χ4n) is 1.31. The standard InChI is InChI=1S/C10H13BrO2S/c1-12-9-5-7(11)6-10(13-2)8(9)3-4-14/h5-6,14H,3-4H2,1-2H3. The summed E-state index contributed by atoms with van der Waals surface area (Å²) in [7, 11) is 3.31. The van der Waals surface area contributed by atoms with Crippen LogP contribution in [-0.2, 0) is 6.42 Å². The SMILES string of the molecule is COc1cc(Br)cc(OC)c1CCS. The lowest BCUT2D eigenvalue weighted by Crippen LogP contribution is -1.98. The molecule has 0 unspecified atom stereocenters. The largest absolute Gasteiger partial charge is 0.496 e. The highest BCUT2D eigenvalue weighted by Gasteiger charge is 2.10. The first-order valence-corrected chi connectivity index (χ1v) is 5.66. The smallest absolute Gasteiger partial charge is 0.126 e. The van der Waals surface area contributed by atoms with Crippen LogP contribution in [0.1, 0.15) is 5.56 Å². The van der Waals surface area contributed by atoms with Crippen LogP contribution in [0.25, 0.3) is 0 Å². The summed E-state index contributed by atoms with van der Waals surface area (Å²) in [5, 5.41) is 0. The van der Waals surface area contributed by atoms with Crippen LogP contribution < -0.4 is 9.47 Å². The predicted octanol–water partition coefficient (Wildman–Crippen LogP) is 2.94. The molecule has 0 saturated heterocycles. The summed E-state index contributed by atoms with van der Waals surface area (Å²) < 4.78 is 11.5. The van der Waals surface area contributed by atoms with E-state index >= 15 is 0 Å². The zero-order valence-corrected chi connectivity index (χ0v) is 10.7. The first-order chi connectivity index (χ1) is 6.72. The van der Waals surface area contributed by atoms with E-state index in [1.165, 1.54) is 0 Å². The van der Waals surface area contributed by atoms with Gasteiger partial charge in [-0.3, -0.25) is 0 Å². The van der Waals surface area contributed by atoms with Gasteiger partial charge in [0.2, 0.25) is 0 Å². The molecule has 0 aromatic heterocycles. The van der Waals surface area contributed by atoms with Crippen LogP contribution in [0.2, 0.25) is 0 Å². The highest BCUT2D eigenvalue weighted by molar-refractivity contribution is 9.10. The van der Waals surface area contributed by atoms with Gasteiger partial charge in [0.25, 0.3) is 0 Å². The number of benzene rings is 1.